The first-order valence-corrected chi connectivity index (χ1v) is 7.89. The largest absolute Gasteiger partial charge is 0.491 e. The third kappa shape index (κ3) is 3.29. The number of ether oxygens (including phenoxy) is 1. The van der Waals surface area contributed by atoms with E-state index in [-0.39, 0.29) is 11.3 Å². The minimum absolute atomic E-state index is 0.0372. The summed E-state index contributed by atoms with van der Waals surface area (Å²) in [6, 6.07) is 10.8. The van der Waals surface area contributed by atoms with Crippen LogP contribution in [0.5, 0.6) is 5.75 Å². The SMILES string of the molecule is CCOc1ccc(-c2ccc(CCC3CC3)cc2)c(F)c1F. The Labute approximate surface area is 129 Å². The molecule has 2 aromatic rings. The van der Waals surface area contributed by atoms with Gasteiger partial charge in [0.25, 0.3) is 0 Å². The van der Waals surface area contributed by atoms with Crippen LogP contribution in [0, 0.1) is 17.6 Å². The van der Waals surface area contributed by atoms with Crippen molar-refractivity contribution in [1.29, 1.82) is 0 Å². The van der Waals surface area contributed by atoms with E-state index < -0.39 is 11.6 Å². The van der Waals surface area contributed by atoms with Gasteiger partial charge in [-0.3, -0.25) is 0 Å². The lowest BCUT2D eigenvalue weighted by Crippen LogP contribution is -1.98. The van der Waals surface area contributed by atoms with E-state index in [9.17, 15) is 8.78 Å². The van der Waals surface area contributed by atoms with Crippen molar-refractivity contribution < 1.29 is 13.5 Å². The Hall–Kier alpha value is -1.90. The summed E-state index contributed by atoms with van der Waals surface area (Å²) < 4.78 is 33.2. The van der Waals surface area contributed by atoms with E-state index >= 15 is 0 Å². The van der Waals surface area contributed by atoms with E-state index in [1.165, 1.54) is 30.9 Å². The van der Waals surface area contributed by atoms with Gasteiger partial charge in [0.05, 0.1) is 6.61 Å². The number of aryl methyl sites for hydroxylation is 1. The lowest BCUT2D eigenvalue weighted by atomic mass is 10.0. The first-order valence-electron chi connectivity index (χ1n) is 7.89. The molecule has 0 radical (unpaired) electrons. The molecular weight excluding hydrogens is 282 g/mol. The van der Waals surface area contributed by atoms with Crippen molar-refractivity contribution in [1.82, 2.24) is 0 Å². The summed E-state index contributed by atoms with van der Waals surface area (Å²) in [5, 5.41) is 0. The van der Waals surface area contributed by atoms with E-state index in [1.54, 1.807) is 13.0 Å². The van der Waals surface area contributed by atoms with Crippen molar-refractivity contribution in [3.8, 4) is 16.9 Å². The first kappa shape index (κ1) is 15.0. The van der Waals surface area contributed by atoms with Gasteiger partial charge in [-0.05, 0) is 48.9 Å². The zero-order valence-corrected chi connectivity index (χ0v) is 12.7. The molecule has 1 nitrogen and oxygen atoms in total. The second-order valence-corrected chi connectivity index (χ2v) is 5.85. The summed E-state index contributed by atoms with van der Waals surface area (Å²) in [6.45, 7) is 2.05. The Bertz CT molecular complexity index is 645. The predicted molar refractivity (Wildman–Crippen MR) is 84.0 cm³/mol. The van der Waals surface area contributed by atoms with E-state index in [4.69, 9.17) is 4.74 Å². The van der Waals surface area contributed by atoms with Crippen LogP contribution in [0.3, 0.4) is 0 Å². The molecule has 1 fully saturated rings. The van der Waals surface area contributed by atoms with Gasteiger partial charge in [0.2, 0.25) is 5.82 Å². The zero-order chi connectivity index (χ0) is 15.5. The smallest absolute Gasteiger partial charge is 0.201 e. The number of benzene rings is 2. The van der Waals surface area contributed by atoms with Crippen LogP contribution in [0.1, 0.15) is 31.7 Å². The molecule has 3 heteroatoms. The van der Waals surface area contributed by atoms with Gasteiger partial charge >= 0.3 is 0 Å². The zero-order valence-electron chi connectivity index (χ0n) is 12.7. The molecule has 1 saturated carbocycles. The lowest BCUT2D eigenvalue weighted by Gasteiger charge is -2.10. The van der Waals surface area contributed by atoms with Gasteiger partial charge in [0.15, 0.2) is 11.6 Å². The average Bonchev–Trinajstić information content (AvgIpc) is 3.35. The summed E-state index contributed by atoms with van der Waals surface area (Å²) in [6.07, 6.45) is 5.00. The second kappa shape index (κ2) is 6.47. The summed E-state index contributed by atoms with van der Waals surface area (Å²) >= 11 is 0. The maximum absolute atomic E-state index is 14.2. The van der Waals surface area contributed by atoms with Crippen LogP contribution in [0.4, 0.5) is 8.78 Å². The highest BCUT2D eigenvalue weighted by Crippen LogP contribution is 2.34. The minimum atomic E-state index is -0.919. The fraction of sp³-hybridized carbons (Fsp3) is 0.368. The Balaban J connectivity index is 1.79. The molecule has 0 heterocycles. The quantitative estimate of drug-likeness (QED) is 0.696. The van der Waals surface area contributed by atoms with Crippen LogP contribution >= 0.6 is 0 Å². The van der Waals surface area contributed by atoms with Gasteiger partial charge in [-0.25, -0.2) is 4.39 Å². The van der Waals surface area contributed by atoms with Crippen LogP contribution in [0.25, 0.3) is 11.1 Å². The number of halogens is 2. The molecule has 0 N–H and O–H groups in total. The molecule has 0 aliphatic heterocycles. The Morgan fingerprint density at radius 1 is 1.00 bits per heavy atom. The van der Waals surface area contributed by atoms with Gasteiger partial charge in [-0.1, -0.05) is 37.1 Å². The van der Waals surface area contributed by atoms with Crippen LogP contribution in [-0.2, 0) is 6.42 Å². The van der Waals surface area contributed by atoms with E-state index in [0.29, 0.717) is 12.2 Å². The molecule has 1 aliphatic rings. The Morgan fingerprint density at radius 3 is 2.36 bits per heavy atom. The van der Waals surface area contributed by atoms with Crippen LogP contribution in [0.2, 0.25) is 0 Å². The van der Waals surface area contributed by atoms with Gasteiger partial charge < -0.3 is 4.74 Å². The monoisotopic (exact) mass is 302 g/mol. The van der Waals surface area contributed by atoms with Crippen molar-refractivity contribution in [2.45, 2.75) is 32.6 Å². The molecular formula is C19H20F2O. The normalized spacial score (nSPS) is 14.1. The molecule has 0 amide bonds. The van der Waals surface area contributed by atoms with Crippen LogP contribution < -0.4 is 4.74 Å². The van der Waals surface area contributed by atoms with E-state index in [1.807, 2.05) is 24.3 Å². The fourth-order valence-corrected chi connectivity index (χ4v) is 2.65. The molecule has 22 heavy (non-hydrogen) atoms. The molecule has 0 saturated heterocycles. The van der Waals surface area contributed by atoms with Crippen molar-refractivity contribution in [2.24, 2.45) is 5.92 Å². The van der Waals surface area contributed by atoms with Gasteiger partial charge in [-0.2, -0.15) is 4.39 Å². The average molecular weight is 302 g/mol. The van der Waals surface area contributed by atoms with Crippen molar-refractivity contribution in [3.05, 3.63) is 53.6 Å². The third-order valence-corrected chi connectivity index (χ3v) is 4.15. The summed E-state index contributed by atoms with van der Waals surface area (Å²) in [4.78, 5) is 0. The molecule has 0 atom stereocenters. The standard InChI is InChI=1S/C19H20F2O/c1-2-22-17-12-11-16(18(20)19(17)21)15-9-7-14(8-10-15)6-5-13-3-4-13/h7-13H,2-6H2,1H3. The second-order valence-electron chi connectivity index (χ2n) is 5.85. The maximum atomic E-state index is 14.2. The van der Waals surface area contributed by atoms with E-state index in [0.717, 1.165) is 12.3 Å². The highest BCUT2D eigenvalue weighted by molar-refractivity contribution is 5.65. The number of hydrogen-bond donors (Lipinski definition) is 0. The molecule has 0 bridgehead atoms. The molecule has 0 spiro atoms. The maximum Gasteiger partial charge on any atom is 0.201 e. The molecule has 2 aromatic carbocycles. The molecule has 3 rings (SSSR count). The fourth-order valence-electron chi connectivity index (χ4n) is 2.65. The van der Waals surface area contributed by atoms with Crippen molar-refractivity contribution >= 4 is 0 Å². The van der Waals surface area contributed by atoms with Gasteiger partial charge in [0, 0.05) is 5.56 Å². The van der Waals surface area contributed by atoms with Gasteiger partial charge in [0.1, 0.15) is 0 Å². The predicted octanol–water partition coefficient (Wildman–Crippen LogP) is 5.37. The summed E-state index contributed by atoms with van der Waals surface area (Å²) in [7, 11) is 0. The summed E-state index contributed by atoms with van der Waals surface area (Å²) in [5.41, 5.74) is 2.21. The minimum Gasteiger partial charge on any atom is -0.491 e. The highest BCUT2D eigenvalue weighted by Gasteiger charge is 2.20. The molecule has 0 unspecified atom stereocenters. The van der Waals surface area contributed by atoms with Crippen LogP contribution in [-0.4, -0.2) is 6.61 Å². The number of hydrogen-bond acceptors (Lipinski definition) is 1. The van der Waals surface area contributed by atoms with Crippen molar-refractivity contribution in [2.75, 3.05) is 6.61 Å². The number of rotatable bonds is 6. The van der Waals surface area contributed by atoms with Crippen LogP contribution in [0.15, 0.2) is 36.4 Å². The molecule has 116 valence electrons. The van der Waals surface area contributed by atoms with E-state index in [2.05, 4.69) is 0 Å². The lowest BCUT2D eigenvalue weighted by molar-refractivity contribution is 0.314. The third-order valence-electron chi connectivity index (χ3n) is 4.15. The van der Waals surface area contributed by atoms with Crippen molar-refractivity contribution in [3.63, 3.8) is 0 Å². The molecule has 1 aliphatic carbocycles. The Morgan fingerprint density at radius 2 is 1.73 bits per heavy atom. The topological polar surface area (TPSA) is 9.23 Å². The van der Waals surface area contributed by atoms with Gasteiger partial charge in [-0.15, -0.1) is 0 Å². The molecule has 0 aromatic heterocycles. The first-order chi connectivity index (χ1) is 10.7. The summed E-state index contributed by atoms with van der Waals surface area (Å²) in [5.74, 6) is -0.907. The Kier molecular flexibility index (Phi) is 4.41. The highest BCUT2D eigenvalue weighted by atomic mass is 19.2.